The number of hydrogen-bond donors (Lipinski definition) is 3. The van der Waals surface area contributed by atoms with Crippen molar-refractivity contribution in [2.24, 2.45) is 0 Å². The van der Waals surface area contributed by atoms with E-state index >= 15 is 0 Å². The van der Waals surface area contributed by atoms with Crippen LogP contribution in [0.1, 0.15) is 65.7 Å². The van der Waals surface area contributed by atoms with Crippen molar-refractivity contribution < 1.29 is 36.0 Å². The van der Waals surface area contributed by atoms with Crippen LogP contribution in [-0.2, 0) is 22.6 Å². The van der Waals surface area contributed by atoms with E-state index < -0.39 is 39.6 Å². The molecule has 2 fully saturated rings. The smallest absolute Gasteiger partial charge is 0.387 e. The summed E-state index contributed by atoms with van der Waals surface area (Å²) in [5.74, 6) is -0.487. The minimum absolute atomic E-state index is 0.000346. The summed E-state index contributed by atoms with van der Waals surface area (Å²) in [5.41, 5.74) is 1.33. The van der Waals surface area contributed by atoms with Crippen LogP contribution in [0.3, 0.4) is 0 Å². The minimum Gasteiger partial charge on any atom is -0.387 e. The van der Waals surface area contributed by atoms with E-state index in [1.807, 2.05) is 37.3 Å². The van der Waals surface area contributed by atoms with Gasteiger partial charge in [-0.25, -0.2) is 13.4 Å². The molecule has 2 saturated heterocycles. The summed E-state index contributed by atoms with van der Waals surface area (Å²) in [6.45, 7) is 4.79. The van der Waals surface area contributed by atoms with Gasteiger partial charge in [0.15, 0.2) is 9.84 Å². The lowest BCUT2D eigenvalue weighted by Crippen LogP contribution is -2.63. The van der Waals surface area contributed by atoms with Gasteiger partial charge in [-0.2, -0.15) is 13.2 Å². The molecule has 2 aliphatic heterocycles. The fraction of sp³-hybridized carbons (Fsp3) is 0.405. The third-order valence-corrected chi connectivity index (χ3v) is 11.2. The maximum Gasteiger partial charge on any atom is 0.416 e. The number of likely N-dealkylation sites (tertiary alicyclic amines) is 1. The van der Waals surface area contributed by atoms with E-state index in [-0.39, 0.29) is 39.8 Å². The van der Waals surface area contributed by atoms with Crippen molar-refractivity contribution in [3.05, 3.63) is 95.1 Å². The van der Waals surface area contributed by atoms with Gasteiger partial charge in [0.1, 0.15) is 19.2 Å². The van der Waals surface area contributed by atoms with Gasteiger partial charge in [-0.3, -0.25) is 4.79 Å². The fourth-order valence-corrected chi connectivity index (χ4v) is 8.27. The lowest BCUT2D eigenvalue weighted by atomic mass is 9.90. The summed E-state index contributed by atoms with van der Waals surface area (Å²) in [4.78, 5) is 19.6. The van der Waals surface area contributed by atoms with Gasteiger partial charge in [-0.05, 0) is 55.7 Å². The number of sulfone groups is 1. The Morgan fingerprint density at radius 3 is 2.45 bits per heavy atom. The predicted molar refractivity (Wildman–Crippen MR) is 182 cm³/mol. The number of carbonyl (C=O) groups excluding carboxylic acids is 1. The molecule has 3 heterocycles. The van der Waals surface area contributed by atoms with Crippen molar-refractivity contribution in [3.63, 3.8) is 0 Å². The molecular formula is C37H42F3N4O4S+. The van der Waals surface area contributed by atoms with Gasteiger partial charge in [-0.15, -0.1) is 0 Å². The summed E-state index contributed by atoms with van der Waals surface area (Å²) in [6, 6.07) is 18.4. The Morgan fingerprint density at radius 2 is 1.78 bits per heavy atom. The van der Waals surface area contributed by atoms with E-state index in [2.05, 4.69) is 10.6 Å². The van der Waals surface area contributed by atoms with Gasteiger partial charge < -0.3 is 20.2 Å². The van der Waals surface area contributed by atoms with Crippen molar-refractivity contribution in [2.45, 2.75) is 68.4 Å². The van der Waals surface area contributed by atoms with Crippen LogP contribution in [-0.4, -0.2) is 73.5 Å². The number of nitrogens with zero attached hydrogens (tertiary/aromatic N) is 2. The fourth-order valence-electron chi connectivity index (χ4n) is 7.62. The molecule has 0 spiro atoms. The maximum absolute atomic E-state index is 14.7. The van der Waals surface area contributed by atoms with Crippen LogP contribution in [0.5, 0.6) is 0 Å². The number of fused-ring (bicyclic) bond motifs is 1. The summed E-state index contributed by atoms with van der Waals surface area (Å²) >= 11 is 0. The molecule has 0 bridgehead atoms. The molecule has 3 N–H and O–H groups in total. The van der Waals surface area contributed by atoms with Crippen molar-refractivity contribution >= 4 is 26.6 Å². The van der Waals surface area contributed by atoms with Crippen LogP contribution in [0, 0.1) is 0 Å². The van der Waals surface area contributed by atoms with Gasteiger partial charge in [0, 0.05) is 48.7 Å². The number of piperidine rings is 2. The Morgan fingerprint density at radius 1 is 1.04 bits per heavy atom. The number of nitrogens with one attached hydrogen (secondary N) is 2. The molecule has 12 heteroatoms. The highest BCUT2D eigenvalue weighted by molar-refractivity contribution is 7.90. The molecule has 8 nitrogen and oxygen atoms in total. The molecule has 49 heavy (non-hydrogen) atoms. The number of quaternary nitrogens is 1. The van der Waals surface area contributed by atoms with Crippen LogP contribution in [0.25, 0.3) is 22.2 Å². The van der Waals surface area contributed by atoms with E-state index in [9.17, 15) is 31.5 Å². The largest absolute Gasteiger partial charge is 0.416 e. The number of pyridine rings is 1. The molecule has 2 aliphatic rings. The number of aliphatic hydroxyl groups excluding tert-OH is 1. The minimum atomic E-state index is -4.61. The lowest BCUT2D eigenvalue weighted by molar-refractivity contribution is -0.971. The molecule has 4 aromatic rings. The number of alkyl halides is 3. The average Bonchev–Trinajstić information content (AvgIpc) is 3.07. The highest BCUT2D eigenvalue weighted by Gasteiger charge is 2.44. The Kier molecular flexibility index (Phi) is 9.87. The molecule has 1 aromatic heterocycles. The van der Waals surface area contributed by atoms with Crippen LogP contribution in [0.4, 0.5) is 13.2 Å². The van der Waals surface area contributed by atoms with Crippen molar-refractivity contribution in [3.8, 4) is 11.3 Å². The second-order valence-corrected chi connectivity index (χ2v) is 15.5. The number of rotatable bonds is 8. The molecule has 0 radical (unpaired) electrons. The first-order chi connectivity index (χ1) is 23.2. The Hall–Kier alpha value is -3.84. The first kappa shape index (κ1) is 35.0. The van der Waals surface area contributed by atoms with Crippen LogP contribution in [0.2, 0.25) is 0 Å². The van der Waals surface area contributed by atoms with E-state index in [0.29, 0.717) is 34.9 Å². The number of hydrogen-bond acceptors (Lipinski definition) is 6. The van der Waals surface area contributed by atoms with Gasteiger partial charge in [0.05, 0.1) is 45.9 Å². The SMILES string of the molecule is C[C@H](NC(=O)c1c(C[N+]2(C3CCNCC3)CCC[C@H](O)C2)c(-c2cccc(C(F)(F)F)c2)nc2ccc(S(C)(=O)=O)cc12)c1ccccc1. The van der Waals surface area contributed by atoms with Gasteiger partial charge in [0.2, 0.25) is 0 Å². The molecule has 0 aliphatic carbocycles. The molecule has 0 saturated carbocycles. The summed E-state index contributed by atoms with van der Waals surface area (Å²) in [5, 5.41) is 17.9. The van der Waals surface area contributed by atoms with Gasteiger partial charge in [-0.1, -0.05) is 42.5 Å². The number of benzene rings is 3. The number of aliphatic hydroxyl groups is 1. The van der Waals surface area contributed by atoms with E-state index in [4.69, 9.17) is 4.98 Å². The third kappa shape index (κ3) is 7.52. The molecule has 3 aromatic carbocycles. The Bertz CT molecular complexity index is 1950. The molecular weight excluding hydrogens is 653 g/mol. The normalized spacial score (nSPS) is 21.4. The van der Waals surface area contributed by atoms with Gasteiger partial charge >= 0.3 is 6.18 Å². The molecule has 3 atom stereocenters. The molecule has 1 amide bonds. The van der Waals surface area contributed by atoms with Gasteiger partial charge in [0.25, 0.3) is 5.91 Å². The predicted octanol–water partition coefficient (Wildman–Crippen LogP) is 6.04. The zero-order valence-corrected chi connectivity index (χ0v) is 28.4. The highest BCUT2D eigenvalue weighted by Crippen LogP contribution is 2.39. The van der Waals surface area contributed by atoms with Crippen molar-refractivity contribution in [2.75, 3.05) is 32.4 Å². The van der Waals surface area contributed by atoms with Crippen LogP contribution < -0.4 is 10.6 Å². The first-order valence-electron chi connectivity index (χ1n) is 16.7. The average molecular weight is 696 g/mol. The second-order valence-electron chi connectivity index (χ2n) is 13.5. The first-order valence-corrected chi connectivity index (χ1v) is 18.6. The van der Waals surface area contributed by atoms with E-state index in [1.54, 1.807) is 6.07 Å². The van der Waals surface area contributed by atoms with Crippen molar-refractivity contribution in [1.29, 1.82) is 0 Å². The highest BCUT2D eigenvalue weighted by atomic mass is 32.2. The Labute approximate surface area is 284 Å². The number of carbonyl (C=O) groups is 1. The monoisotopic (exact) mass is 695 g/mol. The standard InChI is InChI=1S/C37H41F3N4O4S/c1-24(25-8-4-3-5-9-25)42-36(46)34-31-21-30(49(2,47)48)13-14-33(31)43-35(26-10-6-11-27(20-26)37(38,39)40)32(34)23-44(19-7-12-29(45)22-44)28-15-17-41-18-16-28/h3-6,8-11,13-14,20-21,24,28-29,41,45H,7,12,15-19,22-23H2,1-2H3/p+1/t24-,29-,44?/m0/s1. The topological polar surface area (TPSA) is 108 Å². The number of aromatic nitrogens is 1. The maximum atomic E-state index is 14.7. The molecule has 1 unspecified atom stereocenters. The van der Waals surface area contributed by atoms with E-state index in [1.165, 1.54) is 24.3 Å². The Balaban J connectivity index is 1.64. The summed E-state index contributed by atoms with van der Waals surface area (Å²) < 4.78 is 68.1. The molecule has 6 rings (SSSR count). The molecule has 260 valence electrons. The van der Waals surface area contributed by atoms with Crippen molar-refractivity contribution in [1.82, 2.24) is 15.6 Å². The second kappa shape index (κ2) is 13.8. The number of halogens is 3. The van der Waals surface area contributed by atoms with Crippen LogP contribution >= 0.6 is 0 Å². The lowest BCUT2D eigenvalue weighted by Gasteiger charge is -2.50. The third-order valence-electron chi connectivity index (χ3n) is 10.1. The summed E-state index contributed by atoms with van der Waals surface area (Å²) in [6.07, 6.45) is -1.06. The van der Waals surface area contributed by atoms with E-state index in [0.717, 1.165) is 56.3 Å². The quantitative estimate of drug-likeness (QED) is 0.194. The zero-order valence-electron chi connectivity index (χ0n) is 27.6. The summed E-state index contributed by atoms with van der Waals surface area (Å²) in [7, 11) is -3.69. The van der Waals surface area contributed by atoms with Crippen LogP contribution in [0.15, 0.2) is 77.7 Å². The number of amides is 1. The zero-order chi connectivity index (χ0) is 35.0.